The molecule has 1 aliphatic rings. The van der Waals surface area contributed by atoms with Gasteiger partial charge in [-0.25, -0.2) is 0 Å². The zero-order valence-electron chi connectivity index (χ0n) is 11.8. The first kappa shape index (κ1) is 15.0. The van der Waals surface area contributed by atoms with Gasteiger partial charge in [0, 0.05) is 17.8 Å². The molecule has 6 nitrogen and oxygen atoms in total. The minimum absolute atomic E-state index is 0.157. The van der Waals surface area contributed by atoms with Crippen LogP contribution in [-0.4, -0.2) is 22.9 Å². The summed E-state index contributed by atoms with van der Waals surface area (Å²) in [7, 11) is 0. The van der Waals surface area contributed by atoms with Gasteiger partial charge in [0.2, 0.25) is 11.8 Å². The van der Waals surface area contributed by atoms with Crippen LogP contribution < -0.4 is 10.9 Å². The van der Waals surface area contributed by atoms with Crippen LogP contribution in [0.5, 0.6) is 0 Å². The number of carboxylic acid groups (broad SMARTS) is 1. The molecule has 1 aromatic rings. The van der Waals surface area contributed by atoms with Crippen molar-refractivity contribution < 1.29 is 19.5 Å². The lowest BCUT2D eigenvalue weighted by Gasteiger charge is -2.12. The number of benzene rings is 1. The number of carbonyl (C=O) groups is 3. The van der Waals surface area contributed by atoms with Crippen LogP contribution in [0.1, 0.15) is 31.7 Å². The molecule has 0 bridgehead atoms. The molecule has 1 aromatic carbocycles. The largest absolute Gasteiger partial charge is 0.481 e. The maximum absolute atomic E-state index is 12.0. The van der Waals surface area contributed by atoms with E-state index >= 15 is 0 Å². The molecule has 2 amide bonds. The summed E-state index contributed by atoms with van der Waals surface area (Å²) in [5.74, 6) is -1.98. The van der Waals surface area contributed by atoms with Crippen molar-refractivity contribution in [1.29, 1.82) is 0 Å². The molecule has 0 heterocycles. The van der Waals surface area contributed by atoms with Crippen molar-refractivity contribution >= 4 is 17.8 Å². The summed E-state index contributed by atoms with van der Waals surface area (Å²) in [6.45, 7) is 2.01. The molecule has 21 heavy (non-hydrogen) atoms. The molecule has 0 aromatic heterocycles. The van der Waals surface area contributed by atoms with Crippen LogP contribution in [-0.2, 0) is 19.8 Å². The lowest BCUT2D eigenvalue weighted by Crippen LogP contribution is -2.43. The normalized spacial score (nSPS) is 23.2. The van der Waals surface area contributed by atoms with E-state index in [9.17, 15) is 14.4 Å². The van der Waals surface area contributed by atoms with E-state index in [1.165, 1.54) is 0 Å². The van der Waals surface area contributed by atoms with Crippen LogP contribution in [0.3, 0.4) is 0 Å². The standard InChI is InChI=1S/C15H18N2O4/c1-15(10-5-3-2-4-6-10)9-11(15)14(21)17-16-12(18)7-8-13(19)20/h2-6,11H,7-9H2,1H3,(H,16,18)(H,17,21)(H,19,20)/t11-,15+/m1/s1. The summed E-state index contributed by atoms with van der Waals surface area (Å²) in [5.41, 5.74) is 5.51. The number of carbonyl (C=O) groups excluding carboxylic acids is 2. The fraction of sp³-hybridized carbons (Fsp3) is 0.400. The third-order valence-electron chi connectivity index (χ3n) is 3.88. The zero-order valence-corrected chi connectivity index (χ0v) is 11.8. The molecule has 0 aliphatic heterocycles. The summed E-state index contributed by atoms with van der Waals surface area (Å²) < 4.78 is 0. The topological polar surface area (TPSA) is 95.5 Å². The lowest BCUT2D eigenvalue weighted by molar-refractivity contribution is -0.139. The number of aliphatic carboxylic acids is 1. The van der Waals surface area contributed by atoms with Gasteiger partial charge in [-0.1, -0.05) is 37.3 Å². The SMILES string of the molecule is C[C@@]1(c2ccccc2)C[C@@H]1C(=O)NNC(=O)CCC(=O)O. The van der Waals surface area contributed by atoms with Crippen molar-refractivity contribution in [2.45, 2.75) is 31.6 Å². The maximum Gasteiger partial charge on any atom is 0.303 e. The van der Waals surface area contributed by atoms with Crippen molar-refractivity contribution in [3.63, 3.8) is 0 Å². The molecule has 1 saturated carbocycles. The van der Waals surface area contributed by atoms with Gasteiger partial charge in [0.15, 0.2) is 0 Å². The van der Waals surface area contributed by atoms with Crippen molar-refractivity contribution in [1.82, 2.24) is 10.9 Å². The fourth-order valence-electron chi connectivity index (χ4n) is 2.39. The molecule has 6 heteroatoms. The highest BCUT2D eigenvalue weighted by Crippen LogP contribution is 2.53. The summed E-state index contributed by atoms with van der Waals surface area (Å²) in [4.78, 5) is 33.7. The molecule has 3 N–H and O–H groups in total. The summed E-state index contributed by atoms with van der Waals surface area (Å²) in [6, 6.07) is 9.76. The molecule has 2 atom stereocenters. The average molecular weight is 290 g/mol. The van der Waals surface area contributed by atoms with Crippen LogP contribution >= 0.6 is 0 Å². The Morgan fingerprint density at radius 1 is 1.19 bits per heavy atom. The van der Waals surface area contributed by atoms with Crippen molar-refractivity contribution in [3.05, 3.63) is 35.9 Å². The van der Waals surface area contributed by atoms with Crippen LogP contribution in [0.4, 0.5) is 0 Å². The lowest BCUT2D eigenvalue weighted by atomic mass is 9.95. The second-order valence-electron chi connectivity index (χ2n) is 5.47. The Bertz CT molecular complexity index is 558. The maximum atomic E-state index is 12.0. The highest BCUT2D eigenvalue weighted by molar-refractivity contribution is 5.87. The smallest absolute Gasteiger partial charge is 0.303 e. The molecule has 0 unspecified atom stereocenters. The van der Waals surface area contributed by atoms with Crippen LogP contribution in [0.25, 0.3) is 0 Å². The second kappa shape index (κ2) is 5.95. The van der Waals surface area contributed by atoms with Gasteiger partial charge in [0.25, 0.3) is 0 Å². The number of hydrogen-bond donors (Lipinski definition) is 3. The van der Waals surface area contributed by atoms with Gasteiger partial charge in [0.1, 0.15) is 0 Å². The zero-order chi connectivity index (χ0) is 15.5. The predicted octanol–water partition coefficient (Wildman–Crippen LogP) is 0.976. The summed E-state index contributed by atoms with van der Waals surface area (Å²) in [5, 5.41) is 8.47. The Morgan fingerprint density at radius 2 is 1.86 bits per heavy atom. The van der Waals surface area contributed by atoms with Crippen LogP contribution in [0.2, 0.25) is 0 Å². The number of hydrogen-bond acceptors (Lipinski definition) is 3. The van der Waals surface area contributed by atoms with Gasteiger partial charge in [-0.3, -0.25) is 25.2 Å². The van der Waals surface area contributed by atoms with Gasteiger partial charge < -0.3 is 5.11 Å². The van der Waals surface area contributed by atoms with E-state index in [1.807, 2.05) is 37.3 Å². The molecule has 112 valence electrons. The average Bonchev–Trinajstić information content (AvgIpc) is 3.17. The van der Waals surface area contributed by atoms with E-state index in [0.29, 0.717) is 0 Å². The van der Waals surface area contributed by atoms with E-state index in [0.717, 1.165) is 12.0 Å². The third kappa shape index (κ3) is 3.59. The van der Waals surface area contributed by atoms with Crippen LogP contribution in [0, 0.1) is 5.92 Å². The van der Waals surface area contributed by atoms with Crippen molar-refractivity contribution in [2.75, 3.05) is 0 Å². The van der Waals surface area contributed by atoms with Crippen molar-refractivity contribution in [2.24, 2.45) is 5.92 Å². The van der Waals surface area contributed by atoms with E-state index in [2.05, 4.69) is 10.9 Å². The van der Waals surface area contributed by atoms with Crippen LogP contribution in [0.15, 0.2) is 30.3 Å². The molecule has 0 spiro atoms. The molecule has 0 radical (unpaired) electrons. The number of carboxylic acids is 1. The fourth-order valence-corrected chi connectivity index (χ4v) is 2.39. The number of rotatable bonds is 5. The quantitative estimate of drug-likeness (QED) is 0.704. The molecule has 1 aliphatic carbocycles. The molecular weight excluding hydrogens is 272 g/mol. The first-order valence-electron chi connectivity index (χ1n) is 6.79. The third-order valence-corrected chi connectivity index (χ3v) is 3.88. The van der Waals surface area contributed by atoms with Crippen molar-refractivity contribution in [3.8, 4) is 0 Å². The van der Waals surface area contributed by atoms with Gasteiger partial charge in [-0.15, -0.1) is 0 Å². The Hall–Kier alpha value is -2.37. The summed E-state index contributed by atoms with van der Waals surface area (Å²) in [6.07, 6.45) is 0.316. The van der Waals surface area contributed by atoms with E-state index < -0.39 is 11.9 Å². The second-order valence-corrected chi connectivity index (χ2v) is 5.47. The van der Waals surface area contributed by atoms with E-state index in [-0.39, 0.29) is 30.1 Å². The molecular formula is C15H18N2O4. The van der Waals surface area contributed by atoms with Gasteiger partial charge in [0.05, 0.1) is 6.42 Å². The molecule has 0 saturated heterocycles. The summed E-state index contributed by atoms with van der Waals surface area (Å²) >= 11 is 0. The Kier molecular flexibility index (Phi) is 4.26. The Labute approximate surface area is 122 Å². The predicted molar refractivity (Wildman–Crippen MR) is 75.1 cm³/mol. The minimum atomic E-state index is -1.05. The Balaban J connectivity index is 1.81. The minimum Gasteiger partial charge on any atom is -0.481 e. The molecule has 1 fully saturated rings. The monoisotopic (exact) mass is 290 g/mol. The van der Waals surface area contributed by atoms with Gasteiger partial charge >= 0.3 is 5.97 Å². The highest BCUT2D eigenvalue weighted by atomic mass is 16.4. The van der Waals surface area contributed by atoms with E-state index in [4.69, 9.17) is 5.11 Å². The number of hydrazine groups is 1. The Morgan fingerprint density at radius 3 is 2.48 bits per heavy atom. The number of amides is 2. The number of nitrogens with one attached hydrogen (secondary N) is 2. The first-order valence-corrected chi connectivity index (χ1v) is 6.79. The first-order chi connectivity index (χ1) is 9.93. The highest BCUT2D eigenvalue weighted by Gasteiger charge is 2.55. The van der Waals surface area contributed by atoms with Gasteiger partial charge in [-0.05, 0) is 12.0 Å². The van der Waals surface area contributed by atoms with E-state index in [1.54, 1.807) is 0 Å². The molecule has 2 rings (SSSR count). The van der Waals surface area contributed by atoms with Gasteiger partial charge in [-0.2, -0.15) is 0 Å².